The van der Waals surface area contributed by atoms with Gasteiger partial charge in [0.25, 0.3) is 0 Å². The highest BCUT2D eigenvalue weighted by Gasteiger charge is 2.63. The van der Waals surface area contributed by atoms with Crippen LogP contribution >= 0.6 is 0 Å². The first-order valence-corrected chi connectivity index (χ1v) is 10.4. The highest BCUT2D eigenvalue weighted by molar-refractivity contribution is 5.79. The van der Waals surface area contributed by atoms with E-state index in [4.69, 9.17) is 0 Å². The number of hydrogen-bond acceptors (Lipinski definition) is 1. The summed E-state index contributed by atoms with van der Waals surface area (Å²) in [5.41, 5.74) is 2.90. The molecule has 3 fully saturated rings. The van der Waals surface area contributed by atoms with E-state index in [0.29, 0.717) is 22.5 Å². The van der Waals surface area contributed by atoms with Crippen LogP contribution in [-0.4, -0.2) is 5.78 Å². The summed E-state index contributed by atoms with van der Waals surface area (Å²) >= 11 is 0. The summed E-state index contributed by atoms with van der Waals surface area (Å²) in [5.74, 6) is 3.22. The van der Waals surface area contributed by atoms with Gasteiger partial charge in [-0.2, -0.15) is 0 Å². The van der Waals surface area contributed by atoms with Gasteiger partial charge < -0.3 is 0 Å². The van der Waals surface area contributed by atoms with Crippen molar-refractivity contribution in [2.24, 2.45) is 39.9 Å². The van der Waals surface area contributed by atoms with Gasteiger partial charge in [0.1, 0.15) is 5.78 Å². The van der Waals surface area contributed by atoms with Crippen LogP contribution in [0.2, 0.25) is 0 Å². The highest BCUT2D eigenvalue weighted by atomic mass is 16.1. The van der Waals surface area contributed by atoms with Crippen LogP contribution in [0.1, 0.15) is 86.0 Å². The quantitative estimate of drug-likeness (QED) is 0.525. The first kappa shape index (κ1) is 16.9. The Morgan fingerprint density at radius 3 is 2.46 bits per heavy atom. The summed E-state index contributed by atoms with van der Waals surface area (Å²) in [6, 6.07) is 0. The monoisotopic (exact) mass is 328 g/mol. The molecule has 0 aromatic heterocycles. The lowest BCUT2D eigenvalue weighted by atomic mass is 9.41. The second-order valence-electron chi connectivity index (χ2n) is 10.6. The van der Waals surface area contributed by atoms with Gasteiger partial charge >= 0.3 is 0 Å². The first-order valence-electron chi connectivity index (χ1n) is 10.4. The van der Waals surface area contributed by atoms with Crippen LogP contribution < -0.4 is 0 Å². The lowest BCUT2D eigenvalue weighted by molar-refractivity contribution is -0.134. The second-order valence-corrected chi connectivity index (χ2v) is 10.6. The number of Topliss-reactive ketones (excluding diaryl/α,β-unsaturated/α-hetero) is 1. The van der Waals surface area contributed by atoms with Crippen molar-refractivity contribution < 1.29 is 4.79 Å². The SMILES string of the molecule is CC(=O)[C@H]1CC[C@@H]2[C@]1(C)CC[C@H]1[C@@]2(C)CC=C2C[C@@H](C)CC[C@@]21C. The summed E-state index contributed by atoms with van der Waals surface area (Å²) in [6.07, 6.45) is 13.1. The molecule has 4 aliphatic carbocycles. The number of allylic oxidation sites excluding steroid dienone is 2. The van der Waals surface area contributed by atoms with Crippen LogP contribution in [0.3, 0.4) is 0 Å². The lowest BCUT2D eigenvalue weighted by Crippen LogP contribution is -2.56. The predicted octanol–water partition coefficient (Wildman–Crippen LogP) is 6.18. The van der Waals surface area contributed by atoms with Crippen molar-refractivity contribution in [3.05, 3.63) is 11.6 Å². The molecular formula is C23H36O. The molecule has 0 heterocycles. The fraction of sp³-hybridized carbons (Fsp3) is 0.870. The molecule has 0 N–H and O–H groups in total. The Bertz CT molecular complexity index is 589. The topological polar surface area (TPSA) is 17.1 Å². The number of fused-ring (bicyclic) bond motifs is 5. The Morgan fingerprint density at radius 2 is 1.75 bits per heavy atom. The maximum atomic E-state index is 12.3. The smallest absolute Gasteiger partial charge is 0.133 e. The predicted molar refractivity (Wildman–Crippen MR) is 99.7 cm³/mol. The van der Waals surface area contributed by atoms with E-state index in [1.54, 1.807) is 5.57 Å². The molecule has 0 aromatic rings. The zero-order valence-corrected chi connectivity index (χ0v) is 16.5. The molecule has 0 amide bonds. The van der Waals surface area contributed by atoms with Crippen LogP contribution in [0, 0.1) is 39.9 Å². The molecule has 1 nitrogen and oxygen atoms in total. The normalized spacial score (nSPS) is 53.6. The van der Waals surface area contributed by atoms with E-state index in [2.05, 4.69) is 33.8 Å². The van der Waals surface area contributed by atoms with Crippen molar-refractivity contribution in [2.75, 3.05) is 0 Å². The van der Waals surface area contributed by atoms with Crippen LogP contribution in [0.25, 0.3) is 0 Å². The third-order valence-corrected chi connectivity index (χ3v) is 9.41. The molecule has 24 heavy (non-hydrogen) atoms. The summed E-state index contributed by atoms with van der Waals surface area (Å²) in [6.45, 7) is 11.9. The molecule has 0 spiro atoms. The fourth-order valence-electron chi connectivity index (χ4n) is 8.17. The van der Waals surface area contributed by atoms with Gasteiger partial charge in [0.2, 0.25) is 0 Å². The summed E-state index contributed by atoms with van der Waals surface area (Å²) in [4.78, 5) is 12.3. The fourth-order valence-corrected chi connectivity index (χ4v) is 8.17. The van der Waals surface area contributed by atoms with E-state index < -0.39 is 0 Å². The maximum Gasteiger partial charge on any atom is 0.133 e. The molecule has 4 aliphatic rings. The molecule has 0 saturated heterocycles. The minimum absolute atomic E-state index is 0.265. The largest absolute Gasteiger partial charge is 0.300 e. The first-order chi connectivity index (χ1) is 11.2. The minimum Gasteiger partial charge on any atom is -0.300 e. The van der Waals surface area contributed by atoms with Crippen molar-refractivity contribution in [1.82, 2.24) is 0 Å². The molecule has 0 bridgehead atoms. The molecule has 0 aromatic carbocycles. The molecule has 3 saturated carbocycles. The highest BCUT2D eigenvalue weighted by Crippen LogP contribution is 2.71. The molecule has 1 heteroatoms. The van der Waals surface area contributed by atoms with Gasteiger partial charge in [-0.1, -0.05) is 39.3 Å². The Kier molecular flexibility index (Phi) is 3.66. The van der Waals surface area contributed by atoms with Crippen molar-refractivity contribution in [3.8, 4) is 0 Å². The molecule has 7 atom stereocenters. The number of hydrogen-bond donors (Lipinski definition) is 0. The molecule has 0 radical (unpaired) electrons. The summed E-state index contributed by atoms with van der Waals surface area (Å²) < 4.78 is 0. The molecule has 0 aliphatic heterocycles. The lowest BCUT2D eigenvalue weighted by Gasteiger charge is -2.63. The summed E-state index contributed by atoms with van der Waals surface area (Å²) in [5, 5.41) is 0. The van der Waals surface area contributed by atoms with Gasteiger partial charge in [0, 0.05) is 5.92 Å². The minimum atomic E-state index is 0.265. The van der Waals surface area contributed by atoms with Crippen LogP contribution in [0.15, 0.2) is 11.6 Å². The third kappa shape index (κ3) is 2.02. The average Bonchev–Trinajstić information content (AvgIpc) is 2.87. The van der Waals surface area contributed by atoms with Gasteiger partial charge in [0.15, 0.2) is 0 Å². The van der Waals surface area contributed by atoms with Gasteiger partial charge in [-0.25, -0.2) is 0 Å². The average molecular weight is 329 g/mol. The zero-order chi connectivity index (χ0) is 17.3. The number of carbonyl (C=O) groups is 1. The van der Waals surface area contributed by atoms with Gasteiger partial charge in [-0.3, -0.25) is 4.79 Å². The number of carbonyl (C=O) groups excluding carboxylic acids is 1. The van der Waals surface area contributed by atoms with Gasteiger partial charge in [-0.05, 0) is 92.3 Å². The maximum absolute atomic E-state index is 12.3. The summed E-state index contributed by atoms with van der Waals surface area (Å²) in [7, 11) is 0. The van der Waals surface area contributed by atoms with E-state index >= 15 is 0 Å². The van der Waals surface area contributed by atoms with Crippen molar-refractivity contribution in [3.63, 3.8) is 0 Å². The standard InChI is InChI=1S/C23H36O/c1-15-8-11-21(3)17(14-15)9-12-23(5)19-7-6-18(16(2)24)22(19,4)13-10-20(21)23/h9,15,18-20H,6-8,10-14H2,1-5H3/t15-,18+,19+,20+,21-,22+,23-/m0/s1. The van der Waals surface area contributed by atoms with Crippen molar-refractivity contribution in [1.29, 1.82) is 0 Å². The van der Waals surface area contributed by atoms with Gasteiger partial charge in [-0.15, -0.1) is 0 Å². The van der Waals surface area contributed by atoms with Crippen molar-refractivity contribution >= 4 is 5.78 Å². The van der Waals surface area contributed by atoms with Crippen LogP contribution in [0.5, 0.6) is 0 Å². The van der Waals surface area contributed by atoms with Crippen LogP contribution in [0.4, 0.5) is 0 Å². The number of ketones is 1. The van der Waals surface area contributed by atoms with E-state index in [1.165, 1.54) is 44.9 Å². The molecular weight excluding hydrogens is 292 g/mol. The Balaban J connectivity index is 1.73. The van der Waals surface area contributed by atoms with E-state index in [9.17, 15) is 4.79 Å². The Hall–Kier alpha value is -0.590. The molecule has 0 unspecified atom stereocenters. The van der Waals surface area contributed by atoms with E-state index in [-0.39, 0.29) is 5.41 Å². The van der Waals surface area contributed by atoms with E-state index in [1.807, 2.05) is 6.92 Å². The third-order valence-electron chi connectivity index (χ3n) is 9.41. The second kappa shape index (κ2) is 5.21. The Labute approximate surface area is 148 Å². The van der Waals surface area contributed by atoms with E-state index in [0.717, 1.165) is 24.2 Å². The zero-order valence-electron chi connectivity index (χ0n) is 16.5. The van der Waals surface area contributed by atoms with Crippen LogP contribution in [-0.2, 0) is 4.79 Å². The molecule has 134 valence electrons. The van der Waals surface area contributed by atoms with Crippen molar-refractivity contribution in [2.45, 2.75) is 86.0 Å². The Morgan fingerprint density at radius 1 is 1.00 bits per heavy atom. The number of rotatable bonds is 1. The molecule has 4 rings (SSSR count). The van der Waals surface area contributed by atoms with Gasteiger partial charge in [0.05, 0.1) is 0 Å².